The minimum atomic E-state index is 0.448. The number of nitrogens with one attached hydrogen (secondary N) is 1. The van der Waals surface area contributed by atoms with E-state index in [0.717, 1.165) is 44.9 Å². The summed E-state index contributed by atoms with van der Waals surface area (Å²) in [5, 5.41) is 3.45. The summed E-state index contributed by atoms with van der Waals surface area (Å²) in [7, 11) is 0. The number of hydrogen-bond acceptors (Lipinski definition) is 3. The Morgan fingerprint density at radius 1 is 1.37 bits per heavy atom. The van der Waals surface area contributed by atoms with E-state index < -0.39 is 0 Å². The summed E-state index contributed by atoms with van der Waals surface area (Å²) in [5.41, 5.74) is 1.25. The van der Waals surface area contributed by atoms with Crippen LogP contribution in [0.15, 0.2) is 24.3 Å². The molecule has 1 atom stereocenters. The third-order valence-corrected chi connectivity index (χ3v) is 3.40. The van der Waals surface area contributed by atoms with Gasteiger partial charge in [-0.05, 0) is 56.8 Å². The fourth-order valence-corrected chi connectivity index (χ4v) is 2.32. The summed E-state index contributed by atoms with van der Waals surface area (Å²) in [5.74, 6) is 0.979. The number of ether oxygens (including phenoxy) is 2. The Balaban J connectivity index is 1.46. The Kier molecular flexibility index (Phi) is 6.18. The highest BCUT2D eigenvalue weighted by atomic mass is 16.5. The average molecular weight is 263 g/mol. The van der Waals surface area contributed by atoms with Crippen LogP contribution in [0.2, 0.25) is 0 Å². The molecule has 19 heavy (non-hydrogen) atoms. The van der Waals surface area contributed by atoms with Gasteiger partial charge < -0.3 is 14.8 Å². The van der Waals surface area contributed by atoms with Crippen molar-refractivity contribution in [3.05, 3.63) is 29.8 Å². The lowest BCUT2D eigenvalue weighted by atomic mass is 10.2. The Morgan fingerprint density at radius 2 is 2.32 bits per heavy atom. The normalized spacial score (nSPS) is 18.7. The Morgan fingerprint density at radius 3 is 3.11 bits per heavy atom. The summed E-state index contributed by atoms with van der Waals surface area (Å²) >= 11 is 0. The molecule has 106 valence electrons. The van der Waals surface area contributed by atoms with Gasteiger partial charge in [-0.25, -0.2) is 0 Å². The molecule has 1 aromatic rings. The summed E-state index contributed by atoms with van der Waals surface area (Å²) < 4.78 is 11.3. The molecule has 0 aromatic heterocycles. The van der Waals surface area contributed by atoms with Crippen LogP contribution >= 0.6 is 0 Å². The van der Waals surface area contributed by atoms with E-state index in [1.54, 1.807) is 0 Å². The first-order chi connectivity index (χ1) is 9.34. The van der Waals surface area contributed by atoms with Crippen molar-refractivity contribution in [3.63, 3.8) is 0 Å². The van der Waals surface area contributed by atoms with E-state index in [-0.39, 0.29) is 0 Å². The SMILES string of the molecule is Cc1cccc(OCCCCNCC2CCCO2)c1. The third-order valence-electron chi connectivity index (χ3n) is 3.40. The van der Waals surface area contributed by atoms with Crippen molar-refractivity contribution in [3.8, 4) is 5.75 Å². The maximum atomic E-state index is 5.71. The minimum absolute atomic E-state index is 0.448. The highest BCUT2D eigenvalue weighted by Gasteiger charge is 2.13. The Hall–Kier alpha value is -1.06. The second-order valence-electron chi connectivity index (χ2n) is 5.21. The second kappa shape index (κ2) is 8.18. The van der Waals surface area contributed by atoms with E-state index in [1.807, 2.05) is 12.1 Å². The van der Waals surface area contributed by atoms with Crippen molar-refractivity contribution in [1.29, 1.82) is 0 Å². The first-order valence-electron chi connectivity index (χ1n) is 7.36. The van der Waals surface area contributed by atoms with Gasteiger partial charge in [0.15, 0.2) is 0 Å². The molecule has 2 rings (SSSR count). The van der Waals surface area contributed by atoms with Crippen molar-refractivity contribution in [1.82, 2.24) is 5.32 Å². The molecule has 1 N–H and O–H groups in total. The first kappa shape index (κ1) is 14.4. The van der Waals surface area contributed by atoms with Crippen LogP contribution in [0.5, 0.6) is 5.75 Å². The molecular weight excluding hydrogens is 238 g/mol. The smallest absolute Gasteiger partial charge is 0.119 e. The topological polar surface area (TPSA) is 30.5 Å². The lowest BCUT2D eigenvalue weighted by Crippen LogP contribution is -2.27. The molecular formula is C16H25NO2. The van der Waals surface area contributed by atoms with Gasteiger partial charge in [-0.2, -0.15) is 0 Å². The van der Waals surface area contributed by atoms with E-state index in [2.05, 4.69) is 24.4 Å². The van der Waals surface area contributed by atoms with Crippen molar-refractivity contribution in [2.45, 2.75) is 38.7 Å². The molecule has 0 aliphatic carbocycles. The van der Waals surface area contributed by atoms with E-state index in [9.17, 15) is 0 Å². The molecule has 3 nitrogen and oxygen atoms in total. The summed E-state index contributed by atoms with van der Waals surface area (Å²) in [6.45, 7) is 5.87. The highest BCUT2D eigenvalue weighted by Crippen LogP contribution is 2.13. The van der Waals surface area contributed by atoms with Gasteiger partial charge in [0.2, 0.25) is 0 Å². The largest absolute Gasteiger partial charge is 0.494 e. The fraction of sp³-hybridized carbons (Fsp3) is 0.625. The summed E-state index contributed by atoms with van der Waals surface area (Å²) in [6.07, 6.45) is 5.12. The van der Waals surface area contributed by atoms with Crippen molar-refractivity contribution in [2.75, 3.05) is 26.3 Å². The van der Waals surface area contributed by atoms with Gasteiger partial charge in [0.25, 0.3) is 0 Å². The van der Waals surface area contributed by atoms with E-state index in [1.165, 1.54) is 18.4 Å². The standard InChI is InChI=1S/C16H25NO2/c1-14-6-4-7-15(12-14)18-10-3-2-9-17-13-16-8-5-11-19-16/h4,6-7,12,16-17H,2-3,5,8-11,13H2,1H3. The number of aryl methyl sites for hydroxylation is 1. The highest BCUT2D eigenvalue weighted by molar-refractivity contribution is 5.27. The van der Waals surface area contributed by atoms with Crippen LogP contribution in [0, 0.1) is 6.92 Å². The summed E-state index contributed by atoms with van der Waals surface area (Å²) in [4.78, 5) is 0. The van der Waals surface area contributed by atoms with Crippen LogP contribution in [0.3, 0.4) is 0 Å². The molecule has 1 unspecified atom stereocenters. The lowest BCUT2D eigenvalue weighted by molar-refractivity contribution is 0.110. The molecule has 1 aromatic carbocycles. The molecule has 0 spiro atoms. The van der Waals surface area contributed by atoms with Gasteiger partial charge in [0.05, 0.1) is 12.7 Å². The average Bonchev–Trinajstić information content (AvgIpc) is 2.91. The Bertz CT molecular complexity index is 362. The monoisotopic (exact) mass is 263 g/mol. The van der Waals surface area contributed by atoms with Crippen LogP contribution in [0.25, 0.3) is 0 Å². The predicted octanol–water partition coefficient (Wildman–Crippen LogP) is 2.92. The van der Waals surface area contributed by atoms with Gasteiger partial charge in [-0.15, -0.1) is 0 Å². The van der Waals surface area contributed by atoms with Gasteiger partial charge in [0.1, 0.15) is 5.75 Å². The second-order valence-corrected chi connectivity index (χ2v) is 5.21. The molecule has 1 aliphatic heterocycles. The third kappa shape index (κ3) is 5.62. The van der Waals surface area contributed by atoms with Crippen molar-refractivity contribution >= 4 is 0 Å². The van der Waals surface area contributed by atoms with Gasteiger partial charge in [-0.3, -0.25) is 0 Å². The van der Waals surface area contributed by atoms with E-state index in [0.29, 0.717) is 6.10 Å². The van der Waals surface area contributed by atoms with E-state index >= 15 is 0 Å². The van der Waals surface area contributed by atoms with Crippen molar-refractivity contribution in [2.24, 2.45) is 0 Å². The molecule has 1 aliphatic rings. The van der Waals surface area contributed by atoms with Gasteiger partial charge >= 0.3 is 0 Å². The zero-order valence-electron chi connectivity index (χ0n) is 11.9. The van der Waals surface area contributed by atoms with Crippen LogP contribution in [-0.4, -0.2) is 32.4 Å². The molecule has 1 heterocycles. The number of hydrogen-bond donors (Lipinski definition) is 1. The maximum Gasteiger partial charge on any atom is 0.119 e. The number of unbranched alkanes of at least 4 members (excludes halogenated alkanes) is 1. The molecule has 0 bridgehead atoms. The fourth-order valence-electron chi connectivity index (χ4n) is 2.32. The molecule has 0 amide bonds. The van der Waals surface area contributed by atoms with Crippen LogP contribution in [0.4, 0.5) is 0 Å². The molecule has 0 radical (unpaired) electrons. The van der Waals surface area contributed by atoms with E-state index in [4.69, 9.17) is 9.47 Å². The molecule has 1 fully saturated rings. The van der Waals surface area contributed by atoms with Crippen molar-refractivity contribution < 1.29 is 9.47 Å². The zero-order chi connectivity index (χ0) is 13.3. The van der Waals surface area contributed by atoms with Gasteiger partial charge in [-0.1, -0.05) is 12.1 Å². The maximum absolute atomic E-state index is 5.71. The van der Waals surface area contributed by atoms with Crippen LogP contribution < -0.4 is 10.1 Å². The first-order valence-corrected chi connectivity index (χ1v) is 7.36. The summed E-state index contributed by atoms with van der Waals surface area (Å²) in [6, 6.07) is 8.22. The molecule has 1 saturated heterocycles. The quantitative estimate of drug-likeness (QED) is 0.732. The lowest BCUT2D eigenvalue weighted by Gasteiger charge is -2.11. The minimum Gasteiger partial charge on any atom is -0.494 e. The zero-order valence-corrected chi connectivity index (χ0v) is 11.9. The molecule has 3 heteroatoms. The van der Waals surface area contributed by atoms with Gasteiger partial charge in [0, 0.05) is 13.2 Å². The number of benzene rings is 1. The Labute approximate surface area is 116 Å². The van der Waals surface area contributed by atoms with Crippen LogP contribution in [0.1, 0.15) is 31.2 Å². The molecule has 0 saturated carbocycles. The predicted molar refractivity (Wildman–Crippen MR) is 77.8 cm³/mol. The number of rotatable bonds is 8. The van der Waals surface area contributed by atoms with Crippen LogP contribution in [-0.2, 0) is 4.74 Å².